The first-order valence-corrected chi connectivity index (χ1v) is 7.99. The van der Waals surface area contributed by atoms with Gasteiger partial charge in [0.2, 0.25) is 5.91 Å². The summed E-state index contributed by atoms with van der Waals surface area (Å²) in [5.41, 5.74) is 3.28. The smallest absolute Gasteiger partial charge is 0.228 e. The minimum absolute atomic E-state index is 0.168. The van der Waals surface area contributed by atoms with Crippen LogP contribution in [0.4, 0.5) is 11.4 Å². The number of anilines is 2. The summed E-state index contributed by atoms with van der Waals surface area (Å²) in [6, 6.07) is 15.7. The SMILES string of the molecule is O=C(CCNc1cccc(Cl)c1)N1CCCc2ccccc21. The van der Waals surface area contributed by atoms with Crippen molar-refractivity contribution in [3.05, 3.63) is 59.1 Å². The zero-order valence-corrected chi connectivity index (χ0v) is 13.1. The first kappa shape index (κ1) is 14.9. The fourth-order valence-corrected chi connectivity index (χ4v) is 3.03. The number of hydrogen-bond acceptors (Lipinski definition) is 2. The van der Waals surface area contributed by atoms with Crippen LogP contribution in [0.2, 0.25) is 5.02 Å². The minimum atomic E-state index is 0.168. The molecule has 0 aliphatic carbocycles. The van der Waals surface area contributed by atoms with Gasteiger partial charge in [0.15, 0.2) is 0 Å². The van der Waals surface area contributed by atoms with Gasteiger partial charge in [-0.15, -0.1) is 0 Å². The number of hydrogen-bond donors (Lipinski definition) is 1. The molecule has 1 heterocycles. The topological polar surface area (TPSA) is 32.3 Å². The van der Waals surface area contributed by atoms with E-state index in [2.05, 4.69) is 11.4 Å². The summed E-state index contributed by atoms with van der Waals surface area (Å²) >= 11 is 5.95. The summed E-state index contributed by atoms with van der Waals surface area (Å²) in [6.07, 6.45) is 2.56. The molecule has 0 fully saturated rings. The number of aryl methyl sites for hydroxylation is 1. The van der Waals surface area contributed by atoms with Crippen molar-refractivity contribution in [2.45, 2.75) is 19.3 Å². The van der Waals surface area contributed by atoms with E-state index in [1.807, 2.05) is 47.4 Å². The molecule has 0 saturated carbocycles. The number of para-hydroxylation sites is 1. The van der Waals surface area contributed by atoms with Crippen molar-refractivity contribution in [1.82, 2.24) is 0 Å². The van der Waals surface area contributed by atoms with Crippen LogP contribution in [0.25, 0.3) is 0 Å². The largest absolute Gasteiger partial charge is 0.384 e. The van der Waals surface area contributed by atoms with Crippen molar-refractivity contribution >= 4 is 28.9 Å². The highest BCUT2D eigenvalue weighted by Gasteiger charge is 2.21. The highest BCUT2D eigenvalue weighted by atomic mass is 35.5. The Bertz CT molecular complexity index is 672. The third kappa shape index (κ3) is 3.42. The van der Waals surface area contributed by atoms with Gasteiger partial charge in [0.05, 0.1) is 0 Å². The van der Waals surface area contributed by atoms with E-state index >= 15 is 0 Å². The zero-order chi connectivity index (χ0) is 15.4. The van der Waals surface area contributed by atoms with E-state index in [0.29, 0.717) is 18.0 Å². The Hall–Kier alpha value is -2.00. The van der Waals surface area contributed by atoms with Gasteiger partial charge in [-0.3, -0.25) is 4.79 Å². The van der Waals surface area contributed by atoms with Crippen molar-refractivity contribution in [3.63, 3.8) is 0 Å². The molecule has 3 nitrogen and oxygen atoms in total. The number of fused-ring (bicyclic) bond motifs is 1. The van der Waals surface area contributed by atoms with Crippen molar-refractivity contribution in [3.8, 4) is 0 Å². The molecule has 0 atom stereocenters. The number of benzene rings is 2. The third-order valence-electron chi connectivity index (χ3n) is 3.90. The predicted molar refractivity (Wildman–Crippen MR) is 91.7 cm³/mol. The molecular weight excluding hydrogens is 296 g/mol. The van der Waals surface area contributed by atoms with Crippen LogP contribution in [-0.2, 0) is 11.2 Å². The van der Waals surface area contributed by atoms with Crippen molar-refractivity contribution in [1.29, 1.82) is 0 Å². The van der Waals surface area contributed by atoms with Gasteiger partial charge in [0.1, 0.15) is 0 Å². The summed E-state index contributed by atoms with van der Waals surface area (Å²) in [4.78, 5) is 14.4. The maximum atomic E-state index is 12.5. The zero-order valence-electron chi connectivity index (χ0n) is 12.4. The number of halogens is 1. The van der Waals surface area contributed by atoms with Gasteiger partial charge < -0.3 is 10.2 Å². The molecule has 0 saturated heterocycles. The van der Waals surface area contributed by atoms with Crippen LogP contribution >= 0.6 is 11.6 Å². The van der Waals surface area contributed by atoms with Gasteiger partial charge in [-0.2, -0.15) is 0 Å². The van der Waals surface area contributed by atoms with Crippen LogP contribution in [0, 0.1) is 0 Å². The second kappa shape index (κ2) is 6.84. The van der Waals surface area contributed by atoms with E-state index in [1.165, 1.54) is 5.56 Å². The van der Waals surface area contributed by atoms with Crippen molar-refractivity contribution < 1.29 is 4.79 Å². The summed E-state index contributed by atoms with van der Waals surface area (Å²) in [6.45, 7) is 1.42. The number of nitrogens with zero attached hydrogens (tertiary/aromatic N) is 1. The second-order valence-corrected chi connectivity index (χ2v) is 5.90. The average molecular weight is 315 g/mol. The van der Waals surface area contributed by atoms with E-state index in [1.54, 1.807) is 0 Å². The molecule has 0 unspecified atom stereocenters. The standard InChI is InChI=1S/C18H19ClN2O/c19-15-7-3-8-16(13-15)20-11-10-18(22)21-12-4-6-14-5-1-2-9-17(14)21/h1-3,5,7-9,13,20H,4,6,10-12H2. The van der Waals surface area contributed by atoms with Gasteiger partial charge >= 0.3 is 0 Å². The van der Waals surface area contributed by atoms with Crippen LogP contribution in [-0.4, -0.2) is 19.0 Å². The quantitative estimate of drug-likeness (QED) is 0.920. The molecule has 0 radical (unpaired) electrons. The van der Waals surface area contributed by atoms with Gasteiger partial charge in [-0.05, 0) is 42.7 Å². The lowest BCUT2D eigenvalue weighted by molar-refractivity contribution is -0.118. The molecule has 3 rings (SSSR count). The number of nitrogens with one attached hydrogen (secondary N) is 1. The molecule has 1 amide bonds. The fraction of sp³-hybridized carbons (Fsp3) is 0.278. The highest BCUT2D eigenvalue weighted by molar-refractivity contribution is 6.30. The third-order valence-corrected chi connectivity index (χ3v) is 4.14. The minimum Gasteiger partial charge on any atom is -0.384 e. The summed E-state index contributed by atoms with van der Waals surface area (Å²) in [5, 5.41) is 3.94. The van der Waals surface area contributed by atoms with Gasteiger partial charge in [-0.25, -0.2) is 0 Å². The average Bonchev–Trinajstić information content (AvgIpc) is 2.54. The Balaban J connectivity index is 1.59. The van der Waals surface area contributed by atoms with Crippen LogP contribution in [0.5, 0.6) is 0 Å². The lowest BCUT2D eigenvalue weighted by atomic mass is 10.0. The van der Waals surface area contributed by atoms with Crippen LogP contribution in [0.15, 0.2) is 48.5 Å². The second-order valence-electron chi connectivity index (χ2n) is 5.46. The molecule has 0 bridgehead atoms. The molecule has 1 aliphatic rings. The Morgan fingerprint density at radius 2 is 2.05 bits per heavy atom. The van der Waals surface area contributed by atoms with E-state index < -0.39 is 0 Å². The monoisotopic (exact) mass is 314 g/mol. The molecule has 114 valence electrons. The lowest BCUT2D eigenvalue weighted by Crippen LogP contribution is -2.36. The maximum Gasteiger partial charge on any atom is 0.228 e. The van der Waals surface area contributed by atoms with E-state index in [4.69, 9.17) is 11.6 Å². The number of rotatable bonds is 4. The molecule has 2 aromatic rings. The Morgan fingerprint density at radius 1 is 1.18 bits per heavy atom. The van der Waals surface area contributed by atoms with Crippen molar-refractivity contribution in [2.24, 2.45) is 0 Å². The van der Waals surface area contributed by atoms with Gasteiger partial charge in [0.25, 0.3) is 0 Å². The summed E-state index contributed by atoms with van der Waals surface area (Å²) < 4.78 is 0. The molecular formula is C18H19ClN2O. The molecule has 0 spiro atoms. The van der Waals surface area contributed by atoms with Crippen LogP contribution < -0.4 is 10.2 Å². The Kier molecular flexibility index (Phi) is 4.64. The normalized spacial score (nSPS) is 13.6. The first-order valence-electron chi connectivity index (χ1n) is 7.62. The molecule has 22 heavy (non-hydrogen) atoms. The van der Waals surface area contributed by atoms with E-state index in [0.717, 1.165) is 30.8 Å². The molecule has 1 N–H and O–H groups in total. The lowest BCUT2D eigenvalue weighted by Gasteiger charge is -2.29. The van der Waals surface area contributed by atoms with Crippen molar-refractivity contribution in [2.75, 3.05) is 23.3 Å². The molecule has 1 aliphatic heterocycles. The number of amides is 1. The Labute approximate surface area is 135 Å². The van der Waals surface area contributed by atoms with Crippen LogP contribution in [0.3, 0.4) is 0 Å². The van der Waals surface area contributed by atoms with Gasteiger partial charge in [-0.1, -0.05) is 35.9 Å². The maximum absolute atomic E-state index is 12.5. The molecule has 0 aromatic heterocycles. The molecule has 4 heteroatoms. The summed E-state index contributed by atoms with van der Waals surface area (Å²) in [5.74, 6) is 0.168. The number of carbonyl (C=O) groups is 1. The van der Waals surface area contributed by atoms with Gasteiger partial charge in [0, 0.05) is 35.9 Å². The highest BCUT2D eigenvalue weighted by Crippen LogP contribution is 2.27. The fourth-order valence-electron chi connectivity index (χ4n) is 2.84. The Morgan fingerprint density at radius 3 is 2.91 bits per heavy atom. The summed E-state index contributed by atoms with van der Waals surface area (Å²) in [7, 11) is 0. The number of carbonyl (C=O) groups excluding carboxylic acids is 1. The van der Waals surface area contributed by atoms with E-state index in [-0.39, 0.29) is 5.91 Å². The predicted octanol–water partition coefficient (Wildman–Crippen LogP) is 4.12. The van der Waals surface area contributed by atoms with E-state index in [9.17, 15) is 4.79 Å². The molecule has 2 aromatic carbocycles. The first-order chi connectivity index (χ1) is 10.7. The van der Waals surface area contributed by atoms with Crippen LogP contribution in [0.1, 0.15) is 18.4 Å².